The molecular formula is C16H25NO2S. The van der Waals surface area contributed by atoms with Gasteiger partial charge in [-0.3, -0.25) is 0 Å². The van der Waals surface area contributed by atoms with Gasteiger partial charge in [-0.1, -0.05) is 31.2 Å². The molecule has 3 atom stereocenters. The van der Waals surface area contributed by atoms with Crippen LogP contribution in [-0.2, 0) is 15.6 Å². The van der Waals surface area contributed by atoms with Crippen LogP contribution in [0.3, 0.4) is 0 Å². The molecule has 4 heteroatoms. The van der Waals surface area contributed by atoms with E-state index in [1.54, 1.807) is 0 Å². The van der Waals surface area contributed by atoms with Crippen LogP contribution in [0, 0.1) is 12.8 Å². The van der Waals surface area contributed by atoms with Crippen LogP contribution in [0.4, 0.5) is 0 Å². The summed E-state index contributed by atoms with van der Waals surface area (Å²) in [7, 11) is -1.24. The van der Waals surface area contributed by atoms with Gasteiger partial charge in [0.05, 0.1) is 11.0 Å². The minimum Gasteiger partial charge on any atom is -0.316 e. The molecule has 20 heavy (non-hydrogen) atoms. The fraction of sp³-hybridized carbons (Fsp3) is 0.625. The molecule has 0 aliphatic heterocycles. The summed E-state index contributed by atoms with van der Waals surface area (Å²) in [6, 6.07) is 7.86. The molecule has 1 aliphatic rings. The lowest BCUT2D eigenvalue weighted by molar-refractivity contribution is 0.319. The van der Waals surface area contributed by atoms with Crippen molar-refractivity contribution in [1.82, 2.24) is 5.32 Å². The first kappa shape index (κ1) is 15.5. The molecule has 0 radical (unpaired) electrons. The maximum absolute atomic E-state index is 12.8. The lowest BCUT2D eigenvalue weighted by Gasteiger charge is -2.34. The van der Waals surface area contributed by atoms with E-state index in [1.165, 1.54) is 0 Å². The first-order valence-electron chi connectivity index (χ1n) is 7.37. The number of nitrogens with one attached hydrogen (secondary N) is 1. The van der Waals surface area contributed by atoms with Crippen LogP contribution in [0.2, 0.25) is 0 Å². The third kappa shape index (κ3) is 3.41. The summed E-state index contributed by atoms with van der Waals surface area (Å²) in [6.07, 6.45) is 2.84. The second-order valence-electron chi connectivity index (χ2n) is 6.09. The summed E-state index contributed by atoms with van der Waals surface area (Å²) in [4.78, 5) is 0. The zero-order valence-corrected chi connectivity index (χ0v) is 13.4. The summed E-state index contributed by atoms with van der Waals surface area (Å²) < 4.78 is 25.6. The summed E-state index contributed by atoms with van der Waals surface area (Å²) in [5.74, 6) is 0.658. The molecule has 3 nitrogen and oxygen atoms in total. The van der Waals surface area contributed by atoms with Gasteiger partial charge in [0.2, 0.25) is 0 Å². The minimum atomic E-state index is -3.12. The van der Waals surface area contributed by atoms with Crippen LogP contribution in [0.5, 0.6) is 0 Å². The molecule has 0 saturated heterocycles. The third-order valence-electron chi connectivity index (χ3n) is 4.50. The molecule has 2 rings (SSSR count). The molecule has 3 unspecified atom stereocenters. The average molecular weight is 295 g/mol. The molecule has 0 bridgehead atoms. The Labute approximate surface area is 122 Å². The number of aryl methyl sites for hydroxylation is 1. The Bertz CT molecular complexity index is 553. The summed E-state index contributed by atoms with van der Waals surface area (Å²) in [5.41, 5.74) is 1.99. The zero-order valence-electron chi connectivity index (χ0n) is 12.6. The van der Waals surface area contributed by atoms with Crippen LogP contribution in [0.1, 0.15) is 37.3 Å². The first-order chi connectivity index (χ1) is 9.44. The molecule has 1 N–H and O–H groups in total. The third-order valence-corrected chi connectivity index (χ3v) is 6.66. The van der Waals surface area contributed by atoms with Gasteiger partial charge in [0.25, 0.3) is 0 Å². The highest BCUT2D eigenvalue weighted by molar-refractivity contribution is 7.91. The van der Waals surface area contributed by atoms with Crippen molar-refractivity contribution < 1.29 is 8.42 Å². The van der Waals surface area contributed by atoms with E-state index in [0.717, 1.165) is 30.4 Å². The maximum Gasteiger partial charge on any atom is 0.158 e. The highest BCUT2D eigenvalue weighted by Gasteiger charge is 2.37. The Morgan fingerprint density at radius 2 is 1.95 bits per heavy atom. The number of rotatable bonds is 4. The maximum atomic E-state index is 12.8. The van der Waals surface area contributed by atoms with Crippen molar-refractivity contribution in [2.75, 3.05) is 7.05 Å². The van der Waals surface area contributed by atoms with Gasteiger partial charge in [-0.2, -0.15) is 0 Å². The van der Waals surface area contributed by atoms with Crippen LogP contribution < -0.4 is 5.32 Å². The predicted molar refractivity (Wildman–Crippen MR) is 83.5 cm³/mol. The molecule has 1 fully saturated rings. The van der Waals surface area contributed by atoms with Crippen LogP contribution in [-0.4, -0.2) is 26.8 Å². The molecule has 0 amide bonds. The lowest BCUT2D eigenvalue weighted by atomic mass is 9.87. The van der Waals surface area contributed by atoms with Crippen molar-refractivity contribution in [1.29, 1.82) is 0 Å². The van der Waals surface area contributed by atoms with Gasteiger partial charge < -0.3 is 5.32 Å². The summed E-state index contributed by atoms with van der Waals surface area (Å²) in [6.45, 7) is 4.13. The molecule has 0 aromatic heterocycles. The largest absolute Gasteiger partial charge is 0.316 e. The Balaban J connectivity index is 2.22. The van der Waals surface area contributed by atoms with E-state index in [0.29, 0.717) is 5.92 Å². The molecule has 0 heterocycles. The monoisotopic (exact) mass is 295 g/mol. The molecule has 1 aliphatic carbocycles. The van der Waals surface area contributed by atoms with Gasteiger partial charge in [-0.25, -0.2) is 8.42 Å². The van der Waals surface area contributed by atoms with Crippen molar-refractivity contribution in [3.8, 4) is 0 Å². The summed E-state index contributed by atoms with van der Waals surface area (Å²) in [5, 5.41) is 2.95. The number of sulfone groups is 1. The van der Waals surface area contributed by atoms with Crippen molar-refractivity contribution >= 4 is 9.84 Å². The van der Waals surface area contributed by atoms with E-state index >= 15 is 0 Å². The quantitative estimate of drug-likeness (QED) is 0.929. The topological polar surface area (TPSA) is 46.2 Å². The minimum absolute atomic E-state index is 0.0974. The van der Waals surface area contributed by atoms with Gasteiger partial charge in [0.15, 0.2) is 9.84 Å². The molecule has 0 spiro atoms. The summed E-state index contributed by atoms with van der Waals surface area (Å²) >= 11 is 0. The molecular weight excluding hydrogens is 270 g/mol. The normalized spacial score (nSPS) is 27.4. The number of hydrogen-bond donors (Lipinski definition) is 1. The van der Waals surface area contributed by atoms with E-state index in [-0.39, 0.29) is 17.0 Å². The molecule has 1 aromatic carbocycles. The van der Waals surface area contributed by atoms with E-state index in [2.05, 4.69) is 12.2 Å². The molecule has 112 valence electrons. The van der Waals surface area contributed by atoms with Crippen molar-refractivity contribution in [3.63, 3.8) is 0 Å². The van der Waals surface area contributed by atoms with E-state index in [1.807, 2.05) is 38.2 Å². The first-order valence-corrected chi connectivity index (χ1v) is 9.09. The van der Waals surface area contributed by atoms with Crippen molar-refractivity contribution in [3.05, 3.63) is 35.4 Å². The highest BCUT2D eigenvalue weighted by Crippen LogP contribution is 2.30. The Hall–Kier alpha value is -0.870. The SMILES string of the molecule is CNC1CCC(C)CC1S(=O)(=O)Cc1ccccc1C. The smallest absolute Gasteiger partial charge is 0.158 e. The van der Waals surface area contributed by atoms with Crippen LogP contribution >= 0.6 is 0 Å². The number of benzene rings is 1. The fourth-order valence-electron chi connectivity index (χ4n) is 3.15. The van der Waals surface area contributed by atoms with E-state index in [4.69, 9.17) is 0 Å². The van der Waals surface area contributed by atoms with Gasteiger partial charge in [-0.05, 0) is 50.3 Å². The van der Waals surface area contributed by atoms with Gasteiger partial charge in [0.1, 0.15) is 0 Å². The zero-order chi connectivity index (χ0) is 14.8. The Kier molecular flexibility index (Phi) is 4.86. The van der Waals surface area contributed by atoms with E-state index in [9.17, 15) is 8.42 Å². The highest BCUT2D eigenvalue weighted by atomic mass is 32.2. The predicted octanol–water partition coefficient (Wildman–Crippen LogP) is 2.69. The average Bonchev–Trinajstić information content (AvgIpc) is 2.41. The van der Waals surface area contributed by atoms with Crippen molar-refractivity contribution in [2.45, 2.75) is 50.2 Å². The Morgan fingerprint density at radius 3 is 2.60 bits per heavy atom. The second-order valence-corrected chi connectivity index (χ2v) is 8.31. The number of hydrogen-bond acceptors (Lipinski definition) is 3. The molecule has 1 aromatic rings. The lowest BCUT2D eigenvalue weighted by Crippen LogP contribution is -2.46. The standard InChI is InChI=1S/C16H25NO2S/c1-12-8-9-15(17-3)16(10-12)20(18,19)11-14-7-5-4-6-13(14)2/h4-7,12,15-17H,8-11H2,1-3H3. The van der Waals surface area contributed by atoms with Gasteiger partial charge >= 0.3 is 0 Å². The van der Waals surface area contributed by atoms with E-state index < -0.39 is 9.84 Å². The van der Waals surface area contributed by atoms with Crippen LogP contribution in [0.15, 0.2) is 24.3 Å². The fourth-order valence-corrected chi connectivity index (χ4v) is 5.52. The van der Waals surface area contributed by atoms with Crippen LogP contribution in [0.25, 0.3) is 0 Å². The molecule has 1 saturated carbocycles. The Morgan fingerprint density at radius 1 is 1.25 bits per heavy atom. The van der Waals surface area contributed by atoms with Crippen molar-refractivity contribution in [2.24, 2.45) is 5.92 Å². The van der Waals surface area contributed by atoms with Gasteiger partial charge in [0, 0.05) is 6.04 Å². The second kappa shape index (κ2) is 6.27. The van der Waals surface area contributed by atoms with Gasteiger partial charge in [-0.15, -0.1) is 0 Å².